The van der Waals surface area contributed by atoms with Crippen molar-refractivity contribution in [1.82, 2.24) is 9.78 Å². The highest BCUT2D eigenvalue weighted by molar-refractivity contribution is 5.99. The Balaban J connectivity index is 2.15. The van der Waals surface area contributed by atoms with Crippen molar-refractivity contribution in [3.8, 4) is 0 Å². The maximum atomic E-state index is 12.0. The van der Waals surface area contributed by atoms with Crippen LogP contribution in [0.4, 0.5) is 16.3 Å². The van der Waals surface area contributed by atoms with Gasteiger partial charge in [-0.25, -0.2) is 4.79 Å². The number of hydrogen-bond donors (Lipinski definition) is 2. The van der Waals surface area contributed by atoms with Crippen LogP contribution >= 0.6 is 0 Å². The molecule has 5 nitrogen and oxygen atoms in total. The Bertz CT molecular complexity index is 610. The summed E-state index contributed by atoms with van der Waals surface area (Å²) in [6.45, 7) is 6.35. The number of nitrogens with zero attached hydrogens (tertiary/aromatic N) is 2. The zero-order valence-corrected chi connectivity index (χ0v) is 12.3. The summed E-state index contributed by atoms with van der Waals surface area (Å²) in [5, 5.41) is 9.67. The number of benzene rings is 1. The zero-order chi connectivity index (χ0) is 14.8. The van der Waals surface area contributed by atoms with Gasteiger partial charge in [0, 0.05) is 18.8 Å². The molecule has 2 rings (SSSR count). The number of carbonyl (C=O) groups is 1. The maximum Gasteiger partial charge on any atom is 0.324 e. The van der Waals surface area contributed by atoms with Crippen molar-refractivity contribution in [2.24, 2.45) is 7.05 Å². The lowest BCUT2D eigenvalue weighted by Crippen LogP contribution is -2.23. The summed E-state index contributed by atoms with van der Waals surface area (Å²) >= 11 is 0. The SMILES string of the molecule is Cn1nccc1NC(=O)Nc1ccccc1C(C)(C)C. The Labute approximate surface area is 119 Å². The van der Waals surface area contributed by atoms with Gasteiger partial charge in [0.2, 0.25) is 0 Å². The third-order valence-corrected chi connectivity index (χ3v) is 3.05. The van der Waals surface area contributed by atoms with Gasteiger partial charge in [-0.05, 0) is 17.0 Å². The van der Waals surface area contributed by atoms with Crippen molar-refractivity contribution in [2.75, 3.05) is 10.6 Å². The number of amides is 2. The monoisotopic (exact) mass is 272 g/mol. The molecule has 0 saturated carbocycles. The second-order valence-electron chi connectivity index (χ2n) is 5.71. The van der Waals surface area contributed by atoms with Crippen LogP contribution in [-0.4, -0.2) is 15.8 Å². The molecule has 0 atom stereocenters. The Morgan fingerprint density at radius 2 is 1.85 bits per heavy atom. The highest BCUT2D eigenvalue weighted by atomic mass is 16.2. The minimum Gasteiger partial charge on any atom is -0.307 e. The fourth-order valence-electron chi connectivity index (χ4n) is 2.01. The lowest BCUT2D eigenvalue weighted by molar-refractivity contribution is 0.262. The predicted molar refractivity (Wildman–Crippen MR) is 81.0 cm³/mol. The van der Waals surface area contributed by atoms with Crippen LogP contribution in [0.15, 0.2) is 36.5 Å². The normalized spacial score (nSPS) is 11.2. The molecule has 0 spiro atoms. The standard InChI is InChI=1S/C15H20N4O/c1-15(2,3)11-7-5-6-8-12(11)17-14(20)18-13-9-10-16-19(13)4/h5-10H,1-4H3,(H2,17,18,20). The van der Waals surface area contributed by atoms with Gasteiger partial charge < -0.3 is 5.32 Å². The van der Waals surface area contributed by atoms with Crippen LogP contribution < -0.4 is 10.6 Å². The van der Waals surface area contributed by atoms with Gasteiger partial charge in [-0.3, -0.25) is 10.00 Å². The second kappa shape index (κ2) is 5.36. The van der Waals surface area contributed by atoms with Gasteiger partial charge in [0.05, 0.1) is 6.20 Å². The molecule has 0 aliphatic carbocycles. The molecule has 5 heteroatoms. The molecule has 2 aromatic rings. The van der Waals surface area contributed by atoms with Gasteiger partial charge in [-0.1, -0.05) is 39.0 Å². The molecule has 20 heavy (non-hydrogen) atoms. The summed E-state index contributed by atoms with van der Waals surface area (Å²) in [6, 6.07) is 9.29. The number of hydrogen-bond acceptors (Lipinski definition) is 2. The molecule has 106 valence electrons. The summed E-state index contributed by atoms with van der Waals surface area (Å²) in [7, 11) is 1.78. The highest BCUT2D eigenvalue weighted by Gasteiger charge is 2.18. The van der Waals surface area contributed by atoms with E-state index in [-0.39, 0.29) is 11.4 Å². The van der Waals surface area contributed by atoms with Crippen LogP contribution in [0, 0.1) is 0 Å². The van der Waals surface area contributed by atoms with E-state index in [9.17, 15) is 4.79 Å². The van der Waals surface area contributed by atoms with Crippen LogP contribution in [0.25, 0.3) is 0 Å². The van der Waals surface area contributed by atoms with E-state index in [2.05, 4.69) is 36.5 Å². The minimum absolute atomic E-state index is 0.0313. The molecule has 0 radical (unpaired) electrons. The number of nitrogens with one attached hydrogen (secondary N) is 2. The van der Waals surface area contributed by atoms with E-state index in [4.69, 9.17) is 0 Å². The third-order valence-electron chi connectivity index (χ3n) is 3.05. The number of urea groups is 1. The molecule has 2 amide bonds. The van der Waals surface area contributed by atoms with E-state index in [1.165, 1.54) is 0 Å². The van der Waals surface area contributed by atoms with Crippen LogP contribution in [0.3, 0.4) is 0 Å². The van der Waals surface area contributed by atoms with Gasteiger partial charge in [0.25, 0.3) is 0 Å². The number of rotatable bonds is 2. The largest absolute Gasteiger partial charge is 0.324 e. The number of aromatic nitrogens is 2. The first kappa shape index (κ1) is 14.1. The van der Waals surface area contributed by atoms with Crippen LogP contribution in [-0.2, 0) is 12.5 Å². The third kappa shape index (κ3) is 3.17. The molecule has 0 aliphatic rings. The minimum atomic E-state index is -0.273. The predicted octanol–water partition coefficient (Wildman–Crippen LogP) is 3.36. The van der Waals surface area contributed by atoms with E-state index in [1.807, 2.05) is 24.3 Å². The Kier molecular flexibility index (Phi) is 3.79. The topological polar surface area (TPSA) is 59.0 Å². The van der Waals surface area contributed by atoms with E-state index < -0.39 is 0 Å². The summed E-state index contributed by atoms with van der Waals surface area (Å²) in [5.74, 6) is 0.649. The number of carbonyl (C=O) groups excluding carboxylic acids is 1. The first-order valence-corrected chi connectivity index (χ1v) is 6.53. The van der Waals surface area contributed by atoms with Crippen molar-refractivity contribution in [2.45, 2.75) is 26.2 Å². The zero-order valence-electron chi connectivity index (χ0n) is 12.3. The van der Waals surface area contributed by atoms with E-state index in [0.29, 0.717) is 5.82 Å². The van der Waals surface area contributed by atoms with E-state index in [0.717, 1.165) is 11.3 Å². The van der Waals surface area contributed by atoms with E-state index in [1.54, 1.807) is 24.0 Å². The van der Waals surface area contributed by atoms with Crippen LogP contribution in [0.2, 0.25) is 0 Å². The molecule has 0 bridgehead atoms. The summed E-state index contributed by atoms with van der Waals surface area (Å²) < 4.78 is 1.61. The molecule has 1 aromatic carbocycles. The first-order valence-electron chi connectivity index (χ1n) is 6.53. The van der Waals surface area contributed by atoms with Gasteiger partial charge in [0.15, 0.2) is 0 Å². The molecule has 0 aliphatic heterocycles. The van der Waals surface area contributed by atoms with Crippen LogP contribution in [0.1, 0.15) is 26.3 Å². The number of aryl methyl sites for hydroxylation is 1. The van der Waals surface area contributed by atoms with Crippen molar-refractivity contribution in [3.63, 3.8) is 0 Å². The summed E-state index contributed by atoms with van der Waals surface area (Å²) in [4.78, 5) is 12.0. The van der Waals surface area contributed by atoms with Crippen LogP contribution in [0.5, 0.6) is 0 Å². The molecule has 0 unspecified atom stereocenters. The van der Waals surface area contributed by atoms with Gasteiger partial charge in [-0.2, -0.15) is 5.10 Å². The van der Waals surface area contributed by atoms with Crippen molar-refractivity contribution >= 4 is 17.5 Å². The molecule has 0 fully saturated rings. The maximum absolute atomic E-state index is 12.0. The molecule has 0 saturated heterocycles. The first-order chi connectivity index (χ1) is 9.38. The van der Waals surface area contributed by atoms with Crippen molar-refractivity contribution in [1.29, 1.82) is 0 Å². The molecular formula is C15H20N4O. The average Bonchev–Trinajstić information content (AvgIpc) is 2.74. The Morgan fingerprint density at radius 1 is 1.15 bits per heavy atom. The molecule has 2 N–H and O–H groups in total. The lowest BCUT2D eigenvalue weighted by atomic mass is 9.86. The fraction of sp³-hybridized carbons (Fsp3) is 0.333. The van der Waals surface area contributed by atoms with Crippen molar-refractivity contribution < 1.29 is 4.79 Å². The number of anilines is 2. The van der Waals surface area contributed by atoms with Gasteiger partial charge in [0.1, 0.15) is 5.82 Å². The molecule has 1 aromatic heterocycles. The summed E-state index contributed by atoms with van der Waals surface area (Å²) in [5.41, 5.74) is 1.89. The Morgan fingerprint density at radius 3 is 2.45 bits per heavy atom. The summed E-state index contributed by atoms with van der Waals surface area (Å²) in [6.07, 6.45) is 1.64. The van der Waals surface area contributed by atoms with Gasteiger partial charge in [-0.15, -0.1) is 0 Å². The van der Waals surface area contributed by atoms with Crippen molar-refractivity contribution in [3.05, 3.63) is 42.1 Å². The second-order valence-corrected chi connectivity index (χ2v) is 5.71. The highest BCUT2D eigenvalue weighted by Crippen LogP contribution is 2.29. The lowest BCUT2D eigenvalue weighted by Gasteiger charge is -2.23. The average molecular weight is 272 g/mol. The quantitative estimate of drug-likeness (QED) is 0.880. The number of para-hydroxylation sites is 1. The smallest absolute Gasteiger partial charge is 0.307 e. The van der Waals surface area contributed by atoms with E-state index >= 15 is 0 Å². The molecule has 1 heterocycles. The van der Waals surface area contributed by atoms with Gasteiger partial charge >= 0.3 is 6.03 Å². The fourth-order valence-corrected chi connectivity index (χ4v) is 2.01. The Hall–Kier alpha value is -2.30. The molecular weight excluding hydrogens is 252 g/mol.